The minimum Gasteiger partial charge on any atom is -0.385 e. The molecule has 0 aromatic carbocycles. The van der Waals surface area contributed by atoms with E-state index < -0.39 is 0 Å². The first-order chi connectivity index (χ1) is 7.97. The lowest BCUT2D eigenvalue weighted by Gasteiger charge is -2.17. The molecule has 0 atom stereocenters. The van der Waals surface area contributed by atoms with Crippen LogP contribution in [0, 0.1) is 5.92 Å². The Balaban J connectivity index is 3.75. The van der Waals surface area contributed by atoms with Crippen LogP contribution in [0.2, 0.25) is 0 Å². The van der Waals surface area contributed by atoms with Gasteiger partial charge in [-0.15, -0.1) is 0 Å². The van der Waals surface area contributed by atoms with Crippen molar-refractivity contribution < 1.29 is 14.3 Å². The summed E-state index contributed by atoms with van der Waals surface area (Å²) in [6.07, 6.45) is 1.26. The zero-order chi connectivity index (χ0) is 13.3. The van der Waals surface area contributed by atoms with Crippen molar-refractivity contribution in [2.24, 2.45) is 5.92 Å². The Bertz CT molecular complexity index is 242. The number of methoxy groups -OCH3 is 1. The molecule has 100 valence electrons. The molecule has 0 aliphatic heterocycles. The molecule has 0 radical (unpaired) electrons. The van der Waals surface area contributed by atoms with E-state index in [1.165, 1.54) is 4.90 Å². The number of rotatable bonds is 8. The third-order valence-corrected chi connectivity index (χ3v) is 2.24. The van der Waals surface area contributed by atoms with Crippen LogP contribution in [0.15, 0.2) is 0 Å². The number of carbonyl (C=O) groups is 2. The highest BCUT2D eigenvalue weighted by Gasteiger charge is 2.13. The zero-order valence-corrected chi connectivity index (χ0v) is 11.3. The summed E-state index contributed by atoms with van der Waals surface area (Å²) in [5.41, 5.74) is 0. The maximum Gasteiger partial charge on any atom is 0.239 e. The Morgan fingerprint density at radius 3 is 2.53 bits per heavy atom. The highest BCUT2D eigenvalue weighted by molar-refractivity contribution is 5.84. The summed E-state index contributed by atoms with van der Waals surface area (Å²) in [5, 5.41) is 2.74. The number of nitrogens with one attached hydrogen (secondary N) is 1. The summed E-state index contributed by atoms with van der Waals surface area (Å²) < 4.78 is 4.87. The summed E-state index contributed by atoms with van der Waals surface area (Å²) in [6.45, 7) is 5.30. The van der Waals surface area contributed by atoms with Crippen molar-refractivity contribution in [2.45, 2.75) is 26.7 Å². The maximum atomic E-state index is 11.6. The van der Waals surface area contributed by atoms with E-state index in [2.05, 4.69) is 5.32 Å². The average Bonchev–Trinajstić information content (AvgIpc) is 2.23. The predicted molar refractivity (Wildman–Crippen MR) is 66.6 cm³/mol. The first kappa shape index (κ1) is 15.9. The van der Waals surface area contributed by atoms with Gasteiger partial charge in [0.15, 0.2) is 0 Å². The number of hydrogen-bond donors (Lipinski definition) is 1. The van der Waals surface area contributed by atoms with Crippen LogP contribution in [0.4, 0.5) is 0 Å². The SMILES string of the molecule is COCCCNC(=O)CN(C)C(=O)CC(C)C. The molecule has 0 rings (SSSR count). The van der Waals surface area contributed by atoms with Gasteiger partial charge >= 0.3 is 0 Å². The van der Waals surface area contributed by atoms with Gasteiger partial charge in [-0.2, -0.15) is 0 Å². The molecule has 2 amide bonds. The van der Waals surface area contributed by atoms with Crippen molar-refractivity contribution in [1.82, 2.24) is 10.2 Å². The Hall–Kier alpha value is -1.10. The molecule has 0 bridgehead atoms. The molecule has 0 unspecified atom stereocenters. The van der Waals surface area contributed by atoms with Crippen LogP contribution >= 0.6 is 0 Å². The summed E-state index contributed by atoms with van der Waals surface area (Å²) in [7, 11) is 3.28. The van der Waals surface area contributed by atoms with Gasteiger partial charge in [-0.3, -0.25) is 9.59 Å². The van der Waals surface area contributed by atoms with E-state index in [4.69, 9.17) is 4.74 Å². The fraction of sp³-hybridized carbons (Fsp3) is 0.833. The maximum absolute atomic E-state index is 11.6. The molecular formula is C12H24N2O3. The fourth-order valence-electron chi connectivity index (χ4n) is 1.31. The van der Waals surface area contributed by atoms with Crippen LogP contribution in [0.5, 0.6) is 0 Å². The Labute approximate surface area is 103 Å². The molecule has 1 N–H and O–H groups in total. The summed E-state index contributed by atoms with van der Waals surface area (Å²) in [4.78, 5) is 24.5. The normalized spacial score (nSPS) is 10.4. The molecule has 0 heterocycles. The van der Waals surface area contributed by atoms with Crippen molar-refractivity contribution >= 4 is 11.8 Å². The Morgan fingerprint density at radius 2 is 2.00 bits per heavy atom. The van der Waals surface area contributed by atoms with Gasteiger partial charge in [0.2, 0.25) is 11.8 Å². The van der Waals surface area contributed by atoms with E-state index in [1.54, 1.807) is 14.2 Å². The number of likely N-dealkylation sites (N-methyl/N-ethyl adjacent to an activating group) is 1. The van der Waals surface area contributed by atoms with Gasteiger partial charge in [0.05, 0.1) is 6.54 Å². The third kappa shape index (κ3) is 8.68. The highest BCUT2D eigenvalue weighted by Crippen LogP contribution is 2.02. The molecule has 5 heteroatoms. The fourth-order valence-corrected chi connectivity index (χ4v) is 1.31. The Kier molecular flexibility index (Phi) is 8.40. The van der Waals surface area contributed by atoms with Gasteiger partial charge in [-0.25, -0.2) is 0 Å². The molecule has 0 spiro atoms. The molecular weight excluding hydrogens is 220 g/mol. The molecule has 0 aromatic heterocycles. The number of carbonyl (C=O) groups excluding carboxylic acids is 2. The second-order valence-electron chi connectivity index (χ2n) is 4.54. The standard InChI is InChI=1S/C12H24N2O3/c1-10(2)8-12(16)14(3)9-11(15)13-6-5-7-17-4/h10H,5-9H2,1-4H3,(H,13,15). The molecule has 0 fully saturated rings. The van der Waals surface area contributed by atoms with Crippen molar-refractivity contribution in [3.05, 3.63) is 0 Å². The van der Waals surface area contributed by atoms with Crippen molar-refractivity contribution in [3.8, 4) is 0 Å². The second-order valence-corrected chi connectivity index (χ2v) is 4.54. The average molecular weight is 244 g/mol. The highest BCUT2D eigenvalue weighted by atomic mass is 16.5. The molecule has 0 saturated heterocycles. The second kappa shape index (κ2) is 8.98. The third-order valence-electron chi connectivity index (χ3n) is 2.24. The quantitative estimate of drug-likeness (QED) is 0.638. The number of nitrogens with zero attached hydrogens (tertiary/aromatic N) is 1. The van der Waals surface area contributed by atoms with Gasteiger partial charge in [0.1, 0.15) is 0 Å². The van der Waals surface area contributed by atoms with Crippen molar-refractivity contribution in [2.75, 3.05) is 33.9 Å². The van der Waals surface area contributed by atoms with Gasteiger partial charge in [-0.1, -0.05) is 13.8 Å². The Morgan fingerprint density at radius 1 is 1.35 bits per heavy atom. The van der Waals surface area contributed by atoms with Crippen LogP contribution in [-0.2, 0) is 14.3 Å². The number of amides is 2. The molecule has 17 heavy (non-hydrogen) atoms. The van der Waals surface area contributed by atoms with Gasteiger partial charge in [-0.05, 0) is 12.3 Å². The van der Waals surface area contributed by atoms with Crippen LogP contribution in [0.25, 0.3) is 0 Å². The lowest BCUT2D eigenvalue weighted by molar-refractivity contribution is -0.135. The van der Waals surface area contributed by atoms with E-state index in [0.29, 0.717) is 25.5 Å². The van der Waals surface area contributed by atoms with Gasteiger partial charge in [0.25, 0.3) is 0 Å². The largest absolute Gasteiger partial charge is 0.385 e. The van der Waals surface area contributed by atoms with Crippen LogP contribution in [-0.4, -0.2) is 50.6 Å². The van der Waals surface area contributed by atoms with Crippen molar-refractivity contribution in [3.63, 3.8) is 0 Å². The van der Waals surface area contributed by atoms with E-state index >= 15 is 0 Å². The van der Waals surface area contributed by atoms with Gasteiger partial charge < -0.3 is 15.0 Å². The smallest absolute Gasteiger partial charge is 0.239 e. The monoisotopic (exact) mass is 244 g/mol. The molecule has 0 saturated carbocycles. The minimum atomic E-state index is -0.124. The number of hydrogen-bond acceptors (Lipinski definition) is 3. The first-order valence-electron chi connectivity index (χ1n) is 5.97. The lowest BCUT2D eigenvalue weighted by atomic mass is 10.1. The zero-order valence-electron chi connectivity index (χ0n) is 11.3. The minimum absolute atomic E-state index is 0.00652. The predicted octanol–water partition coefficient (Wildman–Crippen LogP) is 0.644. The van der Waals surface area contributed by atoms with E-state index in [-0.39, 0.29) is 18.4 Å². The number of ether oxygens (including phenoxy) is 1. The van der Waals surface area contributed by atoms with Crippen molar-refractivity contribution in [1.29, 1.82) is 0 Å². The van der Waals surface area contributed by atoms with E-state index in [0.717, 1.165) is 6.42 Å². The summed E-state index contributed by atoms with van der Waals surface area (Å²) in [5.74, 6) is 0.197. The van der Waals surface area contributed by atoms with Gasteiger partial charge in [0, 0.05) is 33.7 Å². The topological polar surface area (TPSA) is 58.6 Å². The summed E-state index contributed by atoms with van der Waals surface area (Å²) >= 11 is 0. The molecule has 0 aliphatic rings. The van der Waals surface area contributed by atoms with Crippen LogP contribution < -0.4 is 5.32 Å². The molecule has 0 aromatic rings. The lowest BCUT2D eigenvalue weighted by Crippen LogP contribution is -2.39. The van der Waals surface area contributed by atoms with E-state index in [1.807, 2.05) is 13.8 Å². The van der Waals surface area contributed by atoms with Crippen LogP contribution in [0.3, 0.4) is 0 Å². The first-order valence-corrected chi connectivity index (χ1v) is 5.97. The molecule has 0 aliphatic carbocycles. The van der Waals surface area contributed by atoms with E-state index in [9.17, 15) is 9.59 Å². The summed E-state index contributed by atoms with van der Waals surface area (Å²) in [6, 6.07) is 0. The van der Waals surface area contributed by atoms with Crippen LogP contribution in [0.1, 0.15) is 26.7 Å². The molecule has 5 nitrogen and oxygen atoms in total.